The lowest BCUT2D eigenvalue weighted by Crippen LogP contribution is -2.43. The number of nitrogen functional groups attached to an aromatic ring is 1. The van der Waals surface area contributed by atoms with Crippen LogP contribution in [0.15, 0.2) is 55.2 Å². The third kappa shape index (κ3) is 4.93. The predicted octanol–water partition coefficient (Wildman–Crippen LogP) is 4.35. The fourth-order valence-electron chi connectivity index (χ4n) is 5.91. The third-order valence-electron chi connectivity index (χ3n) is 8.01. The molecule has 6 heterocycles. The first-order valence-corrected chi connectivity index (χ1v) is 14.4. The molecule has 4 aromatic heterocycles. The zero-order valence-corrected chi connectivity index (χ0v) is 23.2. The molecule has 10 heteroatoms. The topological polar surface area (TPSA) is 116 Å². The number of hydrogen-bond acceptors (Lipinski definition) is 9. The van der Waals surface area contributed by atoms with Gasteiger partial charge in [0.1, 0.15) is 30.1 Å². The van der Waals surface area contributed by atoms with Gasteiger partial charge in [0.2, 0.25) is 0 Å². The Kier molecular flexibility index (Phi) is 6.85. The summed E-state index contributed by atoms with van der Waals surface area (Å²) in [5, 5.41) is 5.44. The summed E-state index contributed by atoms with van der Waals surface area (Å²) in [7, 11) is 0. The fraction of sp³-hybridized carbons (Fsp3) is 0.355. The molecule has 41 heavy (non-hydrogen) atoms. The Morgan fingerprint density at radius 1 is 1.12 bits per heavy atom. The van der Waals surface area contributed by atoms with Crippen molar-refractivity contribution in [3.63, 3.8) is 0 Å². The minimum atomic E-state index is -0.00615. The van der Waals surface area contributed by atoms with E-state index in [0.29, 0.717) is 12.4 Å². The minimum Gasteiger partial charge on any atom is -0.489 e. The van der Waals surface area contributed by atoms with Gasteiger partial charge >= 0.3 is 0 Å². The lowest BCUT2D eigenvalue weighted by atomic mass is 10.1. The highest BCUT2D eigenvalue weighted by Crippen LogP contribution is 2.37. The van der Waals surface area contributed by atoms with Gasteiger partial charge in [-0.3, -0.25) is 14.5 Å². The highest BCUT2D eigenvalue weighted by molar-refractivity contribution is 5.93. The molecule has 1 atom stereocenters. The Labute approximate surface area is 238 Å². The number of aromatic nitrogens is 5. The first-order chi connectivity index (χ1) is 20.2. The monoisotopic (exact) mass is 550 g/mol. The smallest absolute Gasteiger partial charge is 0.150 e. The molecule has 2 aliphatic heterocycles. The third-order valence-corrected chi connectivity index (χ3v) is 8.01. The van der Waals surface area contributed by atoms with E-state index in [1.807, 2.05) is 29.1 Å². The standard InChI is InChI=1S/C31H34N8O2/c1-2-21-13-27(38-9-7-33-8-10-38)24-6-5-23(14-26(24)37-21)41-18-20-12-22(16-34-15-20)39-17-25(28-4-3-11-40-28)29-30(32)35-19-36-31(29)39/h5-6,12-17,19,28,33H,2-4,7-11,18H2,1H3,(H2,32,35,36)/t28-/m0/s1. The maximum atomic E-state index is 6.30. The molecule has 10 nitrogen and oxygen atoms in total. The van der Waals surface area contributed by atoms with Crippen molar-refractivity contribution in [2.24, 2.45) is 0 Å². The van der Waals surface area contributed by atoms with E-state index in [2.05, 4.69) is 56.5 Å². The van der Waals surface area contributed by atoms with E-state index < -0.39 is 0 Å². The van der Waals surface area contributed by atoms with Gasteiger partial charge < -0.3 is 25.4 Å². The number of fused-ring (bicyclic) bond motifs is 2. The zero-order valence-electron chi connectivity index (χ0n) is 23.2. The van der Waals surface area contributed by atoms with Crippen LogP contribution in [-0.4, -0.2) is 57.3 Å². The molecule has 0 spiro atoms. The van der Waals surface area contributed by atoms with Crippen LogP contribution >= 0.6 is 0 Å². The summed E-state index contributed by atoms with van der Waals surface area (Å²) in [6.45, 7) is 7.25. The molecule has 3 N–H and O–H groups in total. The number of benzene rings is 1. The molecule has 0 bridgehead atoms. The van der Waals surface area contributed by atoms with Crippen molar-refractivity contribution in [1.82, 2.24) is 29.8 Å². The van der Waals surface area contributed by atoms with Crippen LogP contribution in [0.25, 0.3) is 27.6 Å². The van der Waals surface area contributed by atoms with E-state index in [0.717, 1.165) is 102 Å². The summed E-state index contributed by atoms with van der Waals surface area (Å²) in [6.07, 6.45) is 10.1. The molecular weight excluding hydrogens is 516 g/mol. The highest BCUT2D eigenvalue weighted by Gasteiger charge is 2.25. The number of aryl methyl sites for hydroxylation is 1. The lowest BCUT2D eigenvalue weighted by molar-refractivity contribution is 0.113. The van der Waals surface area contributed by atoms with Crippen molar-refractivity contribution in [3.05, 3.63) is 72.1 Å². The van der Waals surface area contributed by atoms with Gasteiger partial charge in [-0.05, 0) is 43.5 Å². The van der Waals surface area contributed by atoms with Gasteiger partial charge in [0.05, 0.1) is 28.9 Å². The summed E-state index contributed by atoms with van der Waals surface area (Å²) in [6, 6.07) is 10.5. The van der Waals surface area contributed by atoms with Crippen molar-refractivity contribution in [1.29, 1.82) is 0 Å². The Morgan fingerprint density at radius 2 is 2.02 bits per heavy atom. The van der Waals surface area contributed by atoms with Gasteiger partial charge in [0, 0.05) is 79.1 Å². The molecule has 2 fully saturated rings. The largest absolute Gasteiger partial charge is 0.489 e. The molecule has 2 saturated heterocycles. The first-order valence-electron chi connectivity index (χ1n) is 14.4. The summed E-state index contributed by atoms with van der Waals surface area (Å²) in [4.78, 5) is 20.7. The number of nitrogens with one attached hydrogen (secondary N) is 1. The van der Waals surface area contributed by atoms with Gasteiger partial charge in [-0.2, -0.15) is 0 Å². The van der Waals surface area contributed by atoms with Crippen molar-refractivity contribution >= 4 is 33.4 Å². The van der Waals surface area contributed by atoms with Crippen LogP contribution in [-0.2, 0) is 17.8 Å². The Hall–Kier alpha value is -4.28. The molecule has 0 saturated carbocycles. The molecule has 0 amide bonds. The Balaban J connectivity index is 1.16. The minimum absolute atomic E-state index is 0.00615. The molecule has 7 rings (SSSR count). The predicted molar refractivity (Wildman–Crippen MR) is 160 cm³/mol. The van der Waals surface area contributed by atoms with Gasteiger partial charge in [-0.15, -0.1) is 0 Å². The number of nitrogens with zero attached hydrogens (tertiary/aromatic N) is 6. The van der Waals surface area contributed by atoms with Gasteiger partial charge in [0.15, 0.2) is 0 Å². The number of nitrogens with two attached hydrogens (primary N) is 1. The number of rotatable bonds is 7. The average Bonchev–Trinajstić information content (AvgIpc) is 3.69. The molecule has 0 radical (unpaired) electrons. The van der Waals surface area contributed by atoms with E-state index in [9.17, 15) is 0 Å². The zero-order chi connectivity index (χ0) is 27.8. The first kappa shape index (κ1) is 25.7. The van der Waals surface area contributed by atoms with Crippen LogP contribution in [0.5, 0.6) is 5.75 Å². The highest BCUT2D eigenvalue weighted by atomic mass is 16.5. The number of ether oxygens (including phenoxy) is 2. The Bertz CT molecular complexity index is 1710. The number of hydrogen-bond donors (Lipinski definition) is 2. The number of pyridine rings is 2. The van der Waals surface area contributed by atoms with Crippen LogP contribution in [0.4, 0.5) is 11.5 Å². The van der Waals surface area contributed by atoms with Crippen LogP contribution in [0, 0.1) is 0 Å². The van der Waals surface area contributed by atoms with Crippen molar-refractivity contribution in [2.75, 3.05) is 43.4 Å². The van der Waals surface area contributed by atoms with Crippen LogP contribution < -0.4 is 20.7 Å². The Morgan fingerprint density at radius 3 is 2.85 bits per heavy atom. The molecule has 2 aliphatic rings. The second kappa shape index (κ2) is 10.9. The van der Waals surface area contributed by atoms with Crippen LogP contribution in [0.3, 0.4) is 0 Å². The van der Waals surface area contributed by atoms with Crippen LogP contribution in [0.2, 0.25) is 0 Å². The van der Waals surface area contributed by atoms with E-state index in [4.69, 9.17) is 20.2 Å². The van der Waals surface area contributed by atoms with Crippen molar-refractivity contribution in [3.8, 4) is 11.4 Å². The normalized spacial score (nSPS) is 17.5. The van der Waals surface area contributed by atoms with E-state index in [-0.39, 0.29) is 6.10 Å². The maximum Gasteiger partial charge on any atom is 0.150 e. The van der Waals surface area contributed by atoms with Gasteiger partial charge in [-0.25, -0.2) is 9.97 Å². The van der Waals surface area contributed by atoms with Crippen LogP contribution in [0.1, 0.15) is 42.7 Å². The number of anilines is 2. The summed E-state index contributed by atoms with van der Waals surface area (Å²) in [5.41, 5.74) is 13.2. The average molecular weight is 551 g/mol. The van der Waals surface area contributed by atoms with E-state index in [1.54, 1.807) is 0 Å². The molecular formula is C31H34N8O2. The SMILES string of the molecule is CCc1cc(N2CCNCC2)c2ccc(OCc3cncc(-n4cc([C@@H]5CCCO5)c5c(N)ncnc54)c3)cc2n1. The summed E-state index contributed by atoms with van der Waals surface area (Å²) in [5.74, 6) is 1.24. The van der Waals surface area contributed by atoms with Crippen molar-refractivity contribution in [2.45, 2.75) is 38.9 Å². The fourth-order valence-corrected chi connectivity index (χ4v) is 5.91. The second-order valence-corrected chi connectivity index (χ2v) is 10.7. The summed E-state index contributed by atoms with van der Waals surface area (Å²) < 4.78 is 14.3. The lowest BCUT2D eigenvalue weighted by Gasteiger charge is -2.30. The quantitative estimate of drug-likeness (QED) is 0.305. The number of piperazine rings is 1. The van der Waals surface area contributed by atoms with Crippen molar-refractivity contribution < 1.29 is 9.47 Å². The van der Waals surface area contributed by atoms with Gasteiger partial charge in [0.25, 0.3) is 0 Å². The molecule has 1 aromatic carbocycles. The van der Waals surface area contributed by atoms with E-state index in [1.165, 1.54) is 12.0 Å². The maximum absolute atomic E-state index is 6.30. The molecule has 210 valence electrons. The van der Waals surface area contributed by atoms with Gasteiger partial charge in [-0.1, -0.05) is 6.92 Å². The summed E-state index contributed by atoms with van der Waals surface area (Å²) >= 11 is 0. The molecule has 5 aromatic rings. The molecule has 0 unspecified atom stereocenters. The second-order valence-electron chi connectivity index (χ2n) is 10.7. The molecule has 0 aliphatic carbocycles. The van der Waals surface area contributed by atoms with E-state index >= 15 is 0 Å².